The molecule has 0 bridgehead atoms. The average molecular weight is 354 g/mol. The van der Waals surface area contributed by atoms with Crippen LogP contribution >= 0.6 is 11.6 Å². The molecule has 0 aliphatic carbocycles. The van der Waals surface area contributed by atoms with Crippen LogP contribution in [-0.2, 0) is 4.74 Å². The van der Waals surface area contributed by atoms with Gasteiger partial charge in [-0.05, 0) is 31.0 Å². The first-order valence-electron chi connectivity index (χ1n) is 7.91. The van der Waals surface area contributed by atoms with Gasteiger partial charge in [0, 0.05) is 24.8 Å². The molecule has 0 radical (unpaired) electrons. The molecule has 2 saturated heterocycles. The number of hydrogen-bond acceptors (Lipinski definition) is 4. The van der Waals surface area contributed by atoms with Gasteiger partial charge in [0.25, 0.3) is 0 Å². The van der Waals surface area contributed by atoms with Gasteiger partial charge in [-0.15, -0.1) is 0 Å². The fourth-order valence-electron chi connectivity index (χ4n) is 3.06. The molecular weight excluding hydrogens is 334 g/mol. The fraction of sp³-hybridized carbons (Fsp3) is 0.500. The minimum absolute atomic E-state index is 0.152. The SMILES string of the molecule is COc1ccc(NC(=O)N2CCC(N3CCOC3=O)CC2)cc1Cl. The Bertz CT molecular complexity index is 632. The number of carbonyl (C=O) groups is 2. The molecule has 7 nitrogen and oxygen atoms in total. The molecule has 2 fully saturated rings. The summed E-state index contributed by atoms with van der Waals surface area (Å²) in [6.45, 7) is 2.30. The summed E-state index contributed by atoms with van der Waals surface area (Å²) in [6, 6.07) is 5.10. The predicted molar refractivity (Wildman–Crippen MR) is 89.7 cm³/mol. The monoisotopic (exact) mass is 353 g/mol. The first-order valence-corrected chi connectivity index (χ1v) is 8.29. The van der Waals surface area contributed by atoms with Crippen LogP contribution < -0.4 is 10.1 Å². The molecule has 24 heavy (non-hydrogen) atoms. The van der Waals surface area contributed by atoms with Crippen molar-refractivity contribution in [1.82, 2.24) is 9.80 Å². The number of methoxy groups -OCH3 is 1. The van der Waals surface area contributed by atoms with Crippen LogP contribution in [0, 0.1) is 0 Å². The Morgan fingerprint density at radius 2 is 2.08 bits per heavy atom. The van der Waals surface area contributed by atoms with E-state index in [9.17, 15) is 9.59 Å². The number of cyclic esters (lactones) is 1. The summed E-state index contributed by atoms with van der Waals surface area (Å²) in [5, 5.41) is 3.28. The molecule has 0 atom stereocenters. The largest absolute Gasteiger partial charge is 0.495 e. The lowest BCUT2D eigenvalue weighted by atomic mass is 10.0. The molecular formula is C16H20ClN3O4. The van der Waals surface area contributed by atoms with Gasteiger partial charge in [-0.1, -0.05) is 11.6 Å². The third-order valence-electron chi connectivity index (χ3n) is 4.39. The highest BCUT2D eigenvalue weighted by atomic mass is 35.5. The lowest BCUT2D eigenvalue weighted by molar-refractivity contribution is 0.125. The van der Waals surface area contributed by atoms with Crippen molar-refractivity contribution in [3.63, 3.8) is 0 Å². The maximum atomic E-state index is 12.4. The summed E-state index contributed by atoms with van der Waals surface area (Å²) < 4.78 is 10.1. The predicted octanol–water partition coefficient (Wildman–Crippen LogP) is 2.80. The van der Waals surface area contributed by atoms with Crippen LogP contribution in [0.25, 0.3) is 0 Å². The second-order valence-electron chi connectivity index (χ2n) is 5.81. The van der Waals surface area contributed by atoms with E-state index in [2.05, 4.69) is 5.32 Å². The maximum Gasteiger partial charge on any atom is 0.410 e. The number of urea groups is 1. The zero-order valence-electron chi connectivity index (χ0n) is 13.5. The molecule has 1 aromatic carbocycles. The third-order valence-corrected chi connectivity index (χ3v) is 4.68. The van der Waals surface area contributed by atoms with Gasteiger partial charge in [0.15, 0.2) is 0 Å². The number of benzene rings is 1. The van der Waals surface area contributed by atoms with Gasteiger partial charge >= 0.3 is 12.1 Å². The van der Waals surface area contributed by atoms with Gasteiger partial charge in [0.1, 0.15) is 12.4 Å². The number of anilines is 1. The summed E-state index contributed by atoms with van der Waals surface area (Å²) in [7, 11) is 1.54. The zero-order valence-corrected chi connectivity index (χ0v) is 14.2. The van der Waals surface area contributed by atoms with Crippen LogP contribution in [0.15, 0.2) is 18.2 Å². The first kappa shape index (κ1) is 16.7. The summed E-state index contributed by atoms with van der Waals surface area (Å²) in [6.07, 6.45) is 1.27. The summed E-state index contributed by atoms with van der Waals surface area (Å²) in [4.78, 5) is 27.5. The van der Waals surface area contributed by atoms with E-state index < -0.39 is 0 Å². The Hall–Kier alpha value is -2.15. The number of piperidine rings is 1. The van der Waals surface area contributed by atoms with Crippen molar-refractivity contribution in [2.24, 2.45) is 0 Å². The normalized spacial score (nSPS) is 18.5. The Labute approximate surface area is 145 Å². The van der Waals surface area contributed by atoms with Crippen molar-refractivity contribution in [2.75, 3.05) is 38.7 Å². The van der Waals surface area contributed by atoms with Gasteiger partial charge in [0.05, 0.1) is 18.7 Å². The maximum absolute atomic E-state index is 12.4. The minimum atomic E-state index is -0.245. The molecule has 1 aromatic rings. The fourth-order valence-corrected chi connectivity index (χ4v) is 3.32. The number of hydrogen-bond donors (Lipinski definition) is 1. The van der Waals surface area contributed by atoms with Crippen molar-refractivity contribution >= 4 is 29.4 Å². The van der Waals surface area contributed by atoms with Gasteiger partial charge in [-0.25, -0.2) is 9.59 Å². The molecule has 3 rings (SSSR count). The van der Waals surface area contributed by atoms with E-state index in [0.717, 1.165) is 12.8 Å². The lowest BCUT2D eigenvalue weighted by Crippen LogP contribution is -2.48. The van der Waals surface area contributed by atoms with Crippen LogP contribution in [0.5, 0.6) is 5.75 Å². The van der Waals surface area contributed by atoms with Crippen LogP contribution in [-0.4, -0.2) is 61.3 Å². The van der Waals surface area contributed by atoms with Crippen LogP contribution in [0.3, 0.4) is 0 Å². The molecule has 2 heterocycles. The lowest BCUT2D eigenvalue weighted by Gasteiger charge is -2.35. The van der Waals surface area contributed by atoms with Crippen molar-refractivity contribution < 1.29 is 19.1 Å². The molecule has 130 valence electrons. The number of nitrogens with one attached hydrogen (secondary N) is 1. The summed E-state index contributed by atoms with van der Waals surface area (Å²) in [5.74, 6) is 0.563. The van der Waals surface area contributed by atoms with Crippen LogP contribution in [0.4, 0.5) is 15.3 Å². The second kappa shape index (κ2) is 7.17. The van der Waals surface area contributed by atoms with Crippen molar-refractivity contribution in [3.8, 4) is 5.75 Å². The highest BCUT2D eigenvalue weighted by molar-refractivity contribution is 6.32. The third kappa shape index (κ3) is 3.51. The van der Waals surface area contributed by atoms with E-state index in [-0.39, 0.29) is 18.2 Å². The smallest absolute Gasteiger partial charge is 0.410 e. The highest BCUT2D eigenvalue weighted by Crippen LogP contribution is 2.27. The molecule has 3 amide bonds. The van der Waals surface area contributed by atoms with E-state index in [4.69, 9.17) is 21.1 Å². The van der Waals surface area contributed by atoms with Crippen LogP contribution in [0.2, 0.25) is 5.02 Å². The van der Waals surface area contributed by atoms with Crippen molar-refractivity contribution in [1.29, 1.82) is 0 Å². The zero-order chi connectivity index (χ0) is 17.1. The van der Waals surface area contributed by atoms with Gasteiger partial charge in [0.2, 0.25) is 0 Å². The van der Waals surface area contributed by atoms with Gasteiger partial charge in [-0.2, -0.15) is 0 Å². The van der Waals surface area contributed by atoms with E-state index in [0.29, 0.717) is 42.7 Å². The summed E-state index contributed by atoms with van der Waals surface area (Å²) >= 11 is 6.07. The number of carbonyl (C=O) groups excluding carboxylic acids is 2. The number of halogens is 1. The molecule has 2 aliphatic rings. The van der Waals surface area contributed by atoms with Crippen molar-refractivity contribution in [3.05, 3.63) is 23.2 Å². The summed E-state index contributed by atoms with van der Waals surface area (Å²) in [5.41, 5.74) is 0.621. The molecule has 0 spiro atoms. The van der Waals surface area contributed by atoms with E-state index in [1.807, 2.05) is 0 Å². The molecule has 0 saturated carbocycles. The minimum Gasteiger partial charge on any atom is -0.495 e. The molecule has 2 aliphatic heterocycles. The van der Waals surface area contributed by atoms with Crippen LogP contribution in [0.1, 0.15) is 12.8 Å². The van der Waals surface area contributed by atoms with Gasteiger partial charge < -0.3 is 24.6 Å². The number of rotatable bonds is 3. The Balaban J connectivity index is 1.53. The number of amides is 3. The first-order chi connectivity index (χ1) is 11.6. The number of likely N-dealkylation sites (tertiary alicyclic amines) is 1. The highest BCUT2D eigenvalue weighted by Gasteiger charge is 2.33. The van der Waals surface area contributed by atoms with Crippen molar-refractivity contribution in [2.45, 2.75) is 18.9 Å². The molecule has 0 aromatic heterocycles. The number of nitrogens with zero attached hydrogens (tertiary/aromatic N) is 2. The van der Waals surface area contributed by atoms with Gasteiger partial charge in [-0.3, -0.25) is 0 Å². The molecule has 0 unspecified atom stereocenters. The standard InChI is InChI=1S/C16H20ClN3O4/c1-23-14-3-2-11(10-13(14)17)18-15(21)19-6-4-12(5-7-19)20-8-9-24-16(20)22/h2-3,10,12H,4-9H2,1H3,(H,18,21). The quantitative estimate of drug-likeness (QED) is 0.907. The van der Waals surface area contributed by atoms with E-state index in [1.165, 1.54) is 0 Å². The second-order valence-corrected chi connectivity index (χ2v) is 6.21. The molecule has 1 N–H and O–H groups in total. The van der Waals surface area contributed by atoms with E-state index >= 15 is 0 Å². The Morgan fingerprint density at radius 3 is 2.67 bits per heavy atom. The number of ether oxygens (including phenoxy) is 2. The van der Waals surface area contributed by atoms with E-state index in [1.54, 1.807) is 35.1 Å². The average Bonchev–Trinajstić information content (AvgIpc) is 3.01. The molecule has 8 heteroatoms. The topological polar surface area (TPSA) is 71.1 Å². The Morgan fingerprint density at radius 1 is 1.33 bits per heavy atom. The Kier molecular flexibility index (Phi) is 4.99.